The zero-order chi connectivity index (χ0) is 11.7. The van der Waals surface area contributed by atoms with Gasteiger partial charge in [0, 0.05) is 13.5 Å². The molecule has 15 heavy (non-hydrogen) atoms. The Morgan fingerprint density at radius 2 is 2.00 bits per heavy atom. The van der Waals surface area contributed by atoms with Gasteiger partial charge in [0.25, 0.3) is 0 Å². The van der Waals surface area contributed by atoms with Gasteiger partial charge < -0.3 is 10.4 Å². The Bertz CT molecular complexity index is 171. The Balaban J connectivity index is 3.59. The quantitative estimate of drug-likeness (QED) is 0.609. The van der Waals surface area contributed by atoms with Crippen molar-refractivity contribution >= 4 is 5.91 Å². The molecule has 0 saturated heterocycles. The van der Waals surface area contributed by atoms with Crippen LogP contribution in [0.5, 0.6) is 0 Å². The molecule has 0 saturated carbocycles. The summed E-state index contributed by atoms with van der Waals surface area (Å²) >= 11 is 0. The second-order valence-electron chi connectivity index (χ2n) is 4.27. The smallest absolute Gasteiger partial charge is 0.220 e. The third kappa shape index (κ3) is 7.37. The minimum absolute atomic E-state index is 0.00936. The van der Waals surface area contributed by atoms with Crippen LogP contribution in [-0.2, 0) is 4.79 Å². The van der Waals surface area contributed by atoms with Crippen LogP contribution in [0.25, 0.3) is 0 Å². The van der Waals surface area contributed by atoms with Crippen molar-refractivity contribution in [2.75, 3.05) is 7.05 Å². The van der Waals surface area contributed by atoms with E-state index in [0.29, 0.717) is 6.42 Å². The first-order valence-electron chi connectivity index (χ1n) is 6.00. The average Bonchev–Trinajstić information content (AvgIpc) is 2.23. The molecule has 2 atom stereocenters. The maximum atomic E-state index is 11.1. The molecule has 0 fully saturated rings. The molecule has 0 spiro atoms. The minimum Gasteiger partial charge on any atom is -0.393 e. The SMILES string of the molecule is CCCCCC[C@@H](O)[C@@H](C)CC(=O)NC. The molecule has 0 rings (SSSR count). The molecular weight excluding hydrogens is 190 g/mol. The van der Waals surface area contributed by atoms with Crippen molar-refractivity contribution in [2.45, 2.75) is 58.5 Å². The van der Waals surface area contributed by atoms with Gasteiger partial charge in [-0.1, -0.05) is 39.5 Å². The highest BCUT2D eigenvalue weighted by molar-refractivity contribution is 5.75. The van der Waals surface area contributed by atoms with Gasteiger partial charge in [0.15, 0.2) is 0 Å². The Labute approximate surface area is 93.3 Å². The standard InChI is InChI=1S/C12H25NO2/c1-4-5-6-7-8-11(14)10(2)9-12(15)13-3/h10-11,14H,4-9H2,1-3H3,(H,13,15)/t10-,11+/m0/s1. The van der Waals surface area contributed by atoms with Crippen LogP contribution in [0.3, 0.4) is 0 Å². The van der Waals surface area contributed by atoms with Crippen LogP contribution in [0, 0.1) is 5.92 Å². The highest BCUT2D eigenvalue weighted by atomic mass is 16.3. The molecule has 0 unspecified atom stereocenters. The predicted molar refractivity (Wildman–Crippen MR) is 62.6 cm³/mol. The van der Waals surface area contributed by atoms with Crippen molar-refractivity contribution in [1.82, 2.24) is 5.32 Å². The van der Waals surface area contributed by atoms with Gasteiger partial charge in [-0.05, 0) is 12.3 Å². The first kappa shape index (κ1) is 14.4. The predicted octanol–water partition coefficient (Wildman–Crippen LogP) is 2.09. The Morgan fingerprint density at radius 3 is 2.53 bits per heavy atom. The van der Waals surface area contributed by atoms with Crippen molar-refractivity contribution in [2.24, 2.45) is 5.92 Å². The van der Waals surface area contributed by atoms with E-state index in [2.05, 4.69) is 12.2 Å². The lowest BCUT2D eigenvalue weighted by molar-refractivity contribution is -0.122. The third-order valence-corrected chi connectivity index (χ3v) is 2.80. The van der Waals surface area contributed by atoms with E-state index in [9.17, 15) is 9.90 Å². The van der Waals surface area contributed by atoms with E-state index >= 15 is 0 Å². The molecule has 0 bridgehead atoms. The average molecular weight is 215 g/mol. The van der Waals surface area contributed by atoms with Gasteiger partial charge in [0.2, 0.25) is 5.91 Å². The van der Waals surface area contributed by atoms with Crippen molar-refractivity contribution in [3.63, 3.8) is 0 Å². The number of hydrogen-bond donors (Lipinski definition) is 2. The van der Waals surface area contributed by atoms with Gasteiger partial charge in [-0.2, -0.15) is 0 Å². The van der Waals surface area contributed by atoms with E-state index < -0.39 is 0 Å². The molecule has 90 valence electrons. The van der Waals surface area contributed by atoms with Crippen molar-refractivity contribution < 1.29 is 9.90 Å². The molecule has 0 aliphatic carbocycles. The van der Waals surface area contributed by atoms with Gasteiger partial charge in [0.1, 0.15) is 0 Å². The summed E-state index contributed by atoms with van der Waals surface area (Å²) in [5.41, 5.74) is 0. The number of rotatable bonds is 8. The minimum atomic E-state index is -0.334. The number of carbonyl (C=O) groups is 1. The van der Waals surface area contributed by atoms with Gasteiger partial charge >= 0.3 is 0 Å². The second kappa shape index (κ2) is 8.72. The summed E-state index contributed by atoms with van der Waals surface area (Å²) in [4.78, 5) is 11.1. The summed E-state index contributed by atoms with van der Waals surface area (Å²) in [7, 11) is 1.63. The lowest BCUT2D eigenvalue weighted by atomic mass is 9.95. The Morgan fingerprint density at radius 1 is 1.33 bits per heavy atom. The number of aliphatic hydroxyl groups excluding tert-OH is 1. The first-order valence-corrected chi connectivity index (χ1v) is 6.00. The summed E-state index contributed by atoms with van der Waals surface area (Å²) in [6, 6.07) is 0. The molecule has 2 N–H and O–H groups in total. The zero-order valence-corrected chi connectivity index (χ0v) is 10.3. The number of hydrogen-bond acceptors (Lipinski definition) is 2. The summed E-state index contributed by atoms with van der Waals surface area (Å²) in [5, 5.41) is 12.4. The van der Waals surface area contributed by atoms with Crippen LogP contribution < -0.4 is 5.32 Å². The number of amides is 1. The second-order valence-corrected chi connectivity index (χ2v) is 4.27. The summed E-state index contributed by atoms with van der Waals surface area (Å²) in [6.45, 7) is 4.10. The maximum absolute atomic E-state index is 11.1. The van der Waals surface area contributed by atoms with Crippen molar-refractivity contribution in [3.8, 4) is 0 Å². The monoisotopic (exact) mass is 215 g/mol. The molecule has 1 amide bonds. The number of carbonyl (C=O) groups excluding carboxylic acids is 1. The molecule has 3 nitrogen and oxygen atoms in total. The molecule has 0 aromatic heterocycles. The third-order valence-electron chi connectivity index (χ3n) is 2.80. The van der Waals surface area contributed by atoms with Gasteiger partial charge in [0.05, 0.1) is 6.10 Å². The van der Waals surface area contributed by atoms with E-state index in [-0.39, 0.29) is 17.9 Å². The highest BCUT2D eigenvalue weighted by Gasteiger charge is 2.16. The fraction of sp³-hybridized carbons (Fsp3) is 0.917. The lowest BCUT2D eigenvalue weighted by Crippen LogP contribution is -2.26. The van der Waals surface area contributed by atoms with Crippen molar-refractivity contribution in [1.29, 1.82) is 0 Å². The Hall–Kier alpha value is -0.570. The molecule has 0 aromatic carbocycles. The van der Waals surface area contributed by atoms with Crippen LogP contribution in [0.2, 0.25) is 0 Å². The molecule has 3 heteroatoms. The van der Waals surface area contributed by atoms with Crippen LogP contribution >= 0.6 is 0 Å². The fourth-order valence-corrected chi connectivity index (χ4v) is 1.60. The van der Waals surface area contributed by atoms with E-state index in [1.807, 2.05) is 6.92 Å². The van der Waals surface area contributed by atoms with E-state index in [1.165, 1.54) is 19.3 Å². The maximum Gasteiger partial charge on any atom is 0.220 e. The van der Waals surface area contributed by atoms with Gasteiger partial charge in [-0.3, -0.25) is 4.79 Å². The van der Waals surface area contributed by atoms with Crippen LogP contribution in [-0.4, -0.2) is 24.2 Å². The molecule has 0 heterocycles. The molecule has 0 radical (unpaired) electrons. The number of unbranched alkanes of at least 4 members (excludes halogenated alkanes) is 3. The van der Waals surface area contributed by atoms with Gasteiger partial charge in [-0.25, -0.2) is 0 Å². The van der Waals surface area contributed by atoms with E-state index in [0.717, 1.165) is 12.8 Å². The number of aliphatic hydroxyl groups is 1. The molecule has 0 aromatic rings. The molecular formula is C12H25NO2. The van der Waals surface area contributed by atoms with Crippen LogP contribution in [0.15, 0.2) is 0 Å². The van der Waals surface area contributed by atoms with Crippen LogP contribution in [0.4, 0.5) is 0 Å². The van der Waals surface area contributed by atoms with Gasteiger partial charge in [-0.15, -0.1) is 0 Å². The lowest BCUT2D eigenvalue weighted by Gasteiger charge is -2.17. The summed E-state index contributed by atoms with van der Waals surface area (Å²) in [5.74, 6) is 0.0710. The fourth-order valence-electron chi connectivity index (χ4n) is 1.60. The highest BCUT2D eigenvalue weighted by Crippen LogP contribution is 2.15. The van der Waals surface area contributed by atoms with Crippen LogP contribution in [0.1, 0.15) is 52.4 Å². The molecule has 0 aliphatic rings. The number of nitrogens with one attached hydrogen (secondary N) is 1. The largest absolute Gasteiger partial charge is 0.393 e. The van der Waals surface area contributed by atoms with E-state index in [4.69, 9.17) is 0 Å². The van der Waals surface area contributed by atoms with Crippen molar-refractivity contribution in [3.05, 3.63) is 0 Å². The topological polar surface area (TPSA) is 49.3 Å². The zero-order valence-electron chi connectivity index (χ0n) is 10.3. The Kier molecular flexibility index (Phi) is 8.38. The normalized spacial score (nSPS) is 14.7. The summed E-state index contributed by atoms with van der Waals surface area (Å²) < 4.78 is 0. The molecule has 0 aliphatic heterocycles. The first-order chi connectivity index (χ1) is 7.11. The summed E-state index contributed by atoms with van der Waals surface area (Å²) in [6.07, 6.45) is 5.59. The van der Waals surface area contributed by atoms with E-state index in [1.54, 1.807) is 7.05 Å².